The maximum atomic E-state index is 13.6. The van der Waals surface area contributed by atoms with Gasteiger partial charge < -0.3 is 20.1 Å². The van der Waals surface area contributed by atoms with Crippen molar-refractivity contribution in [2.24, 2.45) is 0 Å². The standard InChI is InChI=1S/C21H24F2N2O3/c1-28-16-7-5-15(6-8-16)21(27)9-12-25(13-10-21)14-11-24-20(26)19-17(22)3-2-4-18(19)23/h2-8,27H,9-14H2,1H3,(H,24,26). The summed E-state index contributed by atoms with van der Waals surface area (Å²) in [7, 11) is 1.60. The van der Waals surface area contributed by atoms with E-state index in [0.29, 0.717) is 32.5 Å². The lowest BCUT2D eigenvalue weighted by molar-refractivity contribution is -0.0255. The summed E-state index contributed by atoms with van der Waals surface area (Å²) in [6.07, 6.45) is 1.13. The lowest BCUT2D eigenvalue weighted by atomic mass is 9.84. The van der Waals surface area contributed by atoms with Crippen LogP contribution in [0.15, 0.2) is 42.5 Å². The third kappa shape index (κ3) is 4.48. The van der Waals surface area contributed by atoms with Crippen molar-refractivity contribution >= 4 is 5.91 Å². The Kier molecular flexibility index (Phi) is 6.26. The monoisotopic (exact) mass is 390 g/mol. The molecule has 1 saturated heterocycles. The highest BCUT2D eigenvalue weighted by molar-refractivity contribution is 5.94. The van der Waals surface area contributed by atoms with Crippen LogP contribution in [0.3, 0.4) is 0 Å². The van der Waals surface area contributed by atoms with Crippen LogP contribution < -0.4 is 10.1 Å². The van der Waals surface area contributed by atoms with Gasteiger partial charge in [-0.05, 0) is 42.7 Å². The van der Waals surface area contributed by atoms with Gasteiger partial charge in [0.15, 0.2) is 0 Å². The SMILES string of the molecule is COc1ccc(C2(O)CCN(CCNC(=O)c3c(F)cccc3F)CC2)cc1. The minimum Gasteiger partial charge on any atom is -0.497 e. The molecule has 0 aliphatic carbocycles. The zero-order chi connectivity index (χ0) is 20.1. The Hall–Kier alpha value is -2.51. The molecule has 150 valence electrons. The van der Waals surface area contributed by atoms with Crippen molar-refractivity contribution in [3.05, 3.63) is 65.2 Å². The average Bonchev–Trinajstić information content (AvgIpc) is 2.69. The first-order chi connectivity index (χ1) is 13.4. The van der Waals surface area contributed by atoms with Crippen LogP contribution in [-0.4, -0.2) is 49.2 Å². The molecular formula is C21H24F2N2O3. The highest BCUT2D eigenvalue weighted by atomic mass is 19.1. The van der Waals surface area contributed by atoms with Gasteiger partial charge in [0.2, 0.25) is 0 Å². The van der Waals surface area contributed by atoms with Crippen molar-refractivity contribution in [3.8, 4) is 5.75 Å². The van der Waals surface area contributed by atoms with Crippen molar-refractivity contribution < 1.29 is 23.4 Å². The smallest absolute Gasteiger partial charge is 0.257 e. The quantitative estimate of drug-likeness (QED) is 0.796. The lowest BCUT2D eigenvalue weighted by Crippen LogP contribution is -2.45. The van der Waals surface area contributed by atoms with Gasteiger partial charge in [-0.1, -0.05) is 18.2 Å². The second-order valence-corrected chi connectivity index (χ2v) is 6.95. The number of ether oxygens (including phenoxy) is 1. The molecule has 1 fully saturated rings. The zero-order valence-electron chi connectivity index (χ0n) is 15.8. The molecule has 0 aromatic heterocycles. The molecule has 1 amide bonds. The molecule has 2 aromatic carbocycles. The molecule has 0 radical (unpaired) electrons. The molecule has 0 bridgehead atoms. The number of aliphatic hydroxyl groups is 1. The Morgan fingerprint density at radius 2 is 1.75 bits per heavy atom. The van der Waals surface area contributed by atoms with Crippen LogP contribution in [0.1, 0.15) is 28.8 Å². The summed E-state index contributed by atoms with van der Waals surface area (Å²) >= 11 is 0. The molecule has 0 spiro atoms. The number of likely N-dealkylation sites (tertiary alicyclic amines) is 1. The Morgan fingerprint density at radius 1 is 1.14 bits per heavy atom. The summed E-state index contributed by atoms with van der Waals surface area (Å²) in [5, 5.41) is 13.5. The van der Waals surface area contributed by atoms with E-state index in [1.165, 1.54) is 6.07 Å². The van der Waals surface area contributed by atoms with E-state index < -0.39 is 28.7 Å². The number of amides is 1. The number of hydrogen-bond donors (Lipinski definition) is 2. The fourth-order valence-corrected chi connectivity index (χ4v) is 3.47. The van der Waals surface area contributed by atoms with E-state index in [4.69, 9.17) is 4.74 Å². The predicted molar refractivity (Wildman–Crippen MR) is 101 cm³/mol. The normalized spacial score (nSPS) is 16.6. The van der Waals surface area contributed by atoms with Crippen molar-refractivity contribution in [1.29, 1.82) is 0 Å². The maximum absolute atomic E-state index is 13.6. The molecule has 1 heterocycles. The van der Waals surface area contributed by atoms with Gasteiger partial charge in [-0.15, -0.1) is 0 Å². The van der Waals surface area contributed by atoms with Gasteiger partial charge in [-0.3, -0.25) is 4.79 Å². The number of benzene rings is 2. The fraction of sp³-hybridized carbons (Fsp3) is 0.381. The van der Waals surface area contributed by atoms with Gasteiger partial charge in [-0.2, -0.15) is 0 Å². The van der Waals surface area contributed by atoms with Gasteiger partial charge >= 0.3 is 0 Å². The molecule has 0 unspecified atom stereocenters. The van der Waals surface area contributed by atoms with E-state index >= 15 is 0 Å². The van der Waals surface area contributed by atoms with Crippen LogP contribution in [0, 0.1) is 11.6 Å². The van der Waals surface area contributed by atoms with E-state index in [2.05, 4.69) is 10.2 Å². The van der Waals surface area contributed by atoms with Gasteiger partial charge in [0.05, 0.1) is 12.7 Å². The van der Waals surface area contributed by atoms with Gasteiger partial charge in [0.1, 0.15) is 22.9 Å². The fourth-order valence-electron chi connectivity index (χ4n) is 3.47. The predicted octanol–water partition coefficient (Wildman–Crippen LogP) is 2.69. The van der Waals surface area contributed by atoms with Crippen molar-refractivity contribution in [1.82, 2.24) is 10.2 Å². The van der Waals surface area contributed by atoms with E-state index in [9.17, 15) is 18.7 Å². The van der Waals surface area contributed by atoms with Crippen LogP contribution >= 0.6 is 0 Å². The van der Waals surface area contributed by atoms with Crippen LogP contribution in [0.25, 0.3) is 0 Å². The number of hydrogen-bond acceptors (Lipinski definition) is 4. The van der Waals surface area contributed by atoms with Crippen LogP contribution in [-0.2, 0) is 5.60 Å². The lowest BCUT2D eigenvalue weighted by Gasteiger charge is -2.38. The molecule has 1 aliphatic heterocycles. The minimum atomic E-state index is -0.887. The molecule has 28 heavy (non-hydrogen) atoms. The summed E-state index contributed by atoms with van der Waals surface area (Å²) in [5.41, 5.74) is -0.589. The average molecular weight is 390 g/mol. The molecule has 7 heteroatoms. The number of carbonyl (C=O) groups is 1. The second kappa shape index (κ2) is 8.67. The molecule has 3 rings (SSSR count). The highest BCUT2D eigenvalue weighted by Crippen LogP contribution is 2.33. The topological polar surface area (TPSA) is 61.8 Å². The number of rotatable bonds is 6. The van der Waals surface area contributed by atoms with Crippen LogP contribution in [0.5, 0.6) is 5.75 Å². The number of nitrogens with one attached hydrogen (secondary N) is 1. The van der Waals surface area contributed by atoms with Crippen molar-refractivity contribution in [2.45, 2.75) is 18.4 Å². The first-order valence-corrected chi connectivity index (χ1v) is 9.24. The Bertz CT molecular complexity index is 799. The zero-order valence-corrected chi connectivity index (χ0v) is 15.8. The molecule has 5 nitrogen and oxygen atoms in total. The van der Waals surface area contributed by atoms with Gasteiger partial charge in [0, 0.05) is 26.2 Å². The molecular weight excluding hydrogens is 366 g/mol. The first-order valence-electron chi connectivity index (χ1n) is 9.24. The van der Waals surface area contributed by atoms with E-state index in [1.54, 1.807) is 7.11 Å². The minimum absolute atomic E-state index is 0.271. The second-order valence-electron chi connectivity index (χ2n) is 6.95. The third-order valence-corrected chi connectivity index (χ3v) is 5.21. The summed E-state index contributed by atoms with van der Waals surface area (Å²) in [4.78, 5) is 14.1. The van der Waals surface area contributed by atoms with Crippen LogP contribution in [0.4, 0.5) is 8.78 Å². The number of halogens is 2. The van der Waals surface area contributed by atoms with Crippen molar-refractivity contribution in [3.63, 3.8) is 0 Å². The Balaban J connectivity index is 1.48. The number of methoxy groups -OCH3 is 1. The van der Waals surface area contributed by atoms with E-state index in [-0.39, 0.29) is 6.54 Å². The highest BCUT2D eigenvalue weighted by Gasteiger charge is 2.33. The van der Waals surface area contributed by atoms with E-state index in [1.807, 2.05) is 24.3 Å². The summed E-state index contributed by atoms with van der Waals surface area (Å²) in [5.74, 6) is -1.77. The Morgan fingerprint density at radius 3 is 2.32 bits per heavy atom. The summed E-state index contributed by atoms with van der Waals surface area (Å²) in [6.45, 7) is 2.13. The number of nitrogens with zero attached hydrogens (tertiary/aromatic N) is 1. The van der Waals surface area contributed by atoms with Crippen molar-refractivity contribution in [2.75, 3.05) is 33.3 Å². The first kappa shape index (κ1) is 20.2. The molecule has 2 N–H and O–H groups in total. The van der Waals surface area contributed by atoms with Gasteiger partial charge in [-0.25, -0.2) is 8.78 Å². The van der Waals surface area contributed by atoms with E-state index in [0.717, 1.165) is 23.4 Å². The molecule has 0 saturated carbocycles. The summed E-state index contributed by atoms with van der Waals surface area (Å²) < 4.78 is 32.4. The maximum Gasteiger partial charge on any atom is 0.257 e. The van der Waals surface area contributed by atoms with Crippen LogP contribution in [0.2, 0.25) is 0 Å². The largest absolute Gasteiger partial charge is 0.497 e. The molecule has 1 aliphatic rings. The third-order valence-electron chi connectivity index (χ3n) is 5.21. The summed E-state index contributed by atoms with van der Waals surface area (Å²) in [6, 6.07) is 10.7. The number of carbonyl (C=O) groups excluding carboxylic acids is 1. The number of piperidine rings is 1. The van der Waals surface area contributed by atoms with Gasteiger partial charge in [0.25, 0.3) is 5.91 Å². The molecule has 2 aromatic rings. The Labute approximate surface area is 162 Å². The molecule has 0 atom stereocenters.